The normalized spacial score (nSPS) is 10.9. The molecule has 134 valence electrons. The molecule has 0 aliphatic carbocycles. The third kappa shape index (κ3) is 3.55. The van der Waals surface area contributed by atoms with Crippen LogP contribution in [0.25, 0.3) is 10.9 Å². The molecule has 0 unspecified atom stereocenters. The van der Waals surface area contributed by atoms with Gasteiger partial charge in [0.2, 0.25) is 0 Å². The molecule has 3 aromatic rings. The summed E-state index contributed by atoms with van der Waals surface area (Å²) in [6.07, 6.45) is 0.294. The monoisotopic (exact) mass is 375 g/mol. The Bertz CT molecular complexity index is 1040. The molecule has 1 heterocycles. The maximum atomic E-state index is 13.1. The van der Waals surface area contributed by atoms with Gasteiger partial charge in [0.25, 0.3) is 0 Å². The lowest BCUT2D eigenvalue weighted by Crippen LogP contribution is -2.16. The Balaban J connectivity index is 2.15. The van der Waals surface area contributed by atoms with E-state index in [1.54, 1.807) is 19.1 Å². The van der Waals surface area contributed by atoms with E-state index in [2.05, 4.69) is 4.98 Å². The van der Waals surface area contributed by atoms with Gasteiger partial charge in [0, 0.05) is 17.7 Å². The molecule has 0 radical (unpaired) electrons. The Morgan fingerprint density at radius 3 is 2.58 bits per heavy atom. The number of H-pyrrole nitrogens is 1. The number of aromatic nitrogens is 1. The fraction of sp³-hybridized carbons (Fsp3) is 0.158. The van der Waals surface area contributed by atoms with Crippen molar-refractivity contribution in [2.45, 2.75) is 13.3 Å². The van der Waals surface area contributed by atoms with Gasteiger partial charge in [0.05, 0.1) is 15.9 Å². The molecular formula is C19H15ClFNO4. The predicted molar refractivity (Wildman–Crippen MR) is 96.7 cm³/mol. The van der Waals surface area contributed by atoms with E-state index in [1.165, 1.54) is 24.3 Å². The van der Waals surface area contributed by atoms with E-state index in [9.17, 15) is 14.0 Å². The SMILES string of the molecule is Cc1[nH]c2c(Cl)ccc(OCC(=O)O)c2c(=O)c1Cc1ccc(F)cc1. The number of carbonyl (C=O) groups is 1. The molecule has 2 N–H and O–H groups in total. The summed E-state index contributed by atoms with van der Waals surface area (Å²) in [6.45, 7) is 1.18. The number of aliphatic carboxylic acids is 1. The molecule has 1 aromatic heterocycles. The molecule has 0 atom stereocenters. The summed E-state index contributed by atoms with van der Waals surface area (Å²) in [5.41, 5.74) is 1.97. The highest BCUT2D eigenvalue weighted by atomic mass is 35.5. The number of hydrogen-bond donors (Lipinski definition) is 2. The highest BCUT2D eigenvalue weighted by Crippen LogP contribution is 2.29. The molecule has 0 amide bonds. The molecule has 7 heteroatoms. The minimum absolute atomic E-state index is 0.147. The average Bonchev–Trinajstić information content (AvgIpc) is 2.60. The maximum Gasteiger partial charge on any atom is 0.341 e. The summed E-state index contributed by atoms with van der Waals surface area (Å²) in [5.74, 6) is -1.36. The first-order valence-electron chi connectivity index (χ1n) is 7.80. The van der Waals surface area contributed by atoms with Crippen molar-refractivity contribution in [2.75, 3.05) is 6.61 Å². The van der Waals surface area contributed by atoms with Crippen LogP contribution < -0.4 is 10.2 Å². The average molecular weight is 376 g/mol. The lowest BCUT2D eigenvalue weighted by molar-refractivity contribution is -0.139. The molecule has 0 saturated heterocycles. The van der Waals surface area contributed by atoms with Gasteiger partial charge in [-0.15, -0.1) is 0 Å². The predicted octanol–water partition coefficient (Wildman–Crippen LogP) is 3.68. The highest BCUT2D eigenvalue weighted by molar-refractivity contribution is 6.35. The number of carboxylic acid groups (broad SMARTS) is 1. The van der Waals surface area contributed by atoms with E-state index >= 15 is 0 Å². The number of aryl methyl sites for hydroxylation is 1. The highest BCUT2D eigenvalue weighted by Gasteiger charge is 2.17. The zero-order valence-electron chi connectivity index (χ0n) is 13.8. The van der Waals surface area contributed by atoms with Gasteiger partial charge in [0.15, 0.2) is 12.0 Å². The van der Waals surface area contributed by atoms with Crippen LogP contribution in [0.2, 0.25) is 5.02 Å². The lowest BCUT2D eigenvalue weighted by Gasteiger charge is -2.13. The number of pyridine rings is 1. The number of benzene rings is 2. The maximum absolute atomic E-state index is 13.1. The first-order valence-corrected chi connectivity index (χ1v) is 8.17. The summed E-state index contributed by atoms with van der Waals surface area (Å²) >= 11 is 6.18. The molecular weight excluding hydrogens is 361 g/mol. The van der Waals surface area contributed by atoms with Crippen molar-refractivity contribution in [3.63, 3.8) is 0 Å². The molecule has 3 rings (SSSR count). The van der Waals surface area contributed by atoms with Crippen LogP contribution in [0.1, 0.15) is 16.8 Å². The largest absolute Gasteiger partial charge is 0.481 e. The molecule has 0 spiro atoms. The zero-order valence-corrected chi connectivity index (χ0v) is 14.6. The van der Waals surface area contributed by atoms with Gasteiger partial charge in [0.1, 0.15) is 11.6 Å². The quantitative estimate of drug-likeness (QED) is 0.713. The lowest BCUT2D eigenvalue weighted by atomic mass is 10.0. The number of halogens is 2. The van der Waals surface area contributed by atoms with Crippen LogP contribution in [-0.4, -0.2) is 22.7 Å². The summed E-state index contributed by atoms with van der Waals surface area (Å²) in [6, 6.07) is 8.89. The second kappa shape index (κ2) is 7.17. The number of fused-ring (bicyclic) bond motifs is 1. The smallest absolute Gasteiger partial charge is 0.341 e. The van der Waals surface area contributed by atoms with Gasteiger partial charge in [-0.05, 0) is 36.8 Å². The Labute approximate surface area is 153 Å². The van der Waals surface area contributed by atoms with Crippen molar-refractivity contribution in [3.05, 3.63) is 74.3 Å². The van der Waals surface area contributed by atoms with E-state index in [4.69, 9.17) is 21.4 Å². The third-order valence-electron chi connectivity index (χ3n) is 4.03. The molecule has 2 aromatic carbocycles. The summed E-state index contributed by atoms with van der Waals surface area (Å²) in [4.78, 5) is 26.9. The fourth-order valence-corrected chi connectivity index (χ4v) is 2.97. The van der Waals surface area contributed by atoms with Gasteiger partial charge >= 0.3 is 5.97 Å². The molecule has 5 nitrogen and oxygen atoms in total. The van der Waals surface area contributed by atoms with E-state index in [-0.39, 0.29) is 22.4 Å². The number of aromatic amines is 1. The topological polar surface area (TPSA) is 79.4 Å². The Hall–Kier alpha value is -2.86. The van der Waals surface area contributed by atoms with Crippen molar-refractivity contribution < 1.29 is 19.0 Å². The number of carboxylic acids is 1. The molecule has 0 fully saturated rings. The number of ether oxygens (including phenoxy) is 1. The van der Waals surface area contributed by atoms with Crippen LogP contribution in [0.3, 0.4) is 0 Å². The molecule has 26 heavy (non-hydrogen) atoms. The van der Waals surface area contributed by atoms with E-state index in [1.807, 2.05) is 0 Å². The van der Waals surface area contributed by atoms with Crippen molar-refractivity contribution in [3.8, 4) is 5.75 Å². The van der Waals surface area contributed by atoms with Gasteiger partial charge in [-0.3, -0.25) is 4.79 Å². The minimum atomic E-state index is -1.15. The molecule has 0 saturated carbocycles. The molecule has 0 bridgehead atoms. The van der Waals surface area contributed by atoms with Gasteiger partial charge in [-0.25, -0.2) is 9.18 Å². The van der Waals surface area contributed by atoms with Crippen LogP contribution in [0.5, 0.6) is 5.75 Å². The Morgan fingerprint density at radius 1 is 1.23 bits per heavy atom. The Morgan fingerprint density at radius 2 is 1.92 bits per heavy atom. The zero-order chi connectivity index (χ0) is 18.8. The standard InChI is InChI=1S/C19H15ClFNO4/c1-10-13(8-11-2-4-12(21)5-3-11)19(25)17-15(26-9-16(23)24)7-6-14(20)18(17)22-10/h2-7H,8-9H2,1H3,(H,22,25)(H,23,24). The number of nitrogens with one attached hydrogen (secondary N) is 1. The number of hydrogen-bond acceptors (Lipinski definition) is 3. The van der Waals surface area contributed by atoms with Crippen LogP contribution in [-0.2, 0) is 11.2 Å². The van der Waals surface area contributed by atoms with Crippen LogP contribution in [0.15, 0.2) is 41.2 Å². The van der Waals surface area contributed by atoms with Gasteiger partial charge in [-0.2, -0.15) is 0 Å². The van der Waals surface area contributed by atoms with Gasteiger partial charge in [-0.1, -0.05) is 23.7 Å². The summed E-state index contributed by atoms with van der Waals surface area (Å²) in [7, 11) is 0. The van der Waals surface area contributed by atoms with Crippen molar-refractivity contribution in [1.29, 1.82) is 0 Å². The van der Waals surface area contributed by atoms with Crippen LogP contribution in [0.4, 0.5) is 4.39 Å². The van der Waals surface area contributed by atoms with Crippen molar-refractivity contribution >= 4 is 28.5 Å². The first kappa shape index (κ1) is 17.9. The molecule has 0 aliphatic rings. The van der Waals surface area contributed by atoms with Crippen LogP contribution in [0, 0.1) is 12.7 Å². The summed E-state index contributed by atoms with van der Waals surface area (Å²) < 4.78 is 18.3. The van der Waals surface area contributed by atoms with Gasteiger partial charge < -0.3 is 14.8 Å². The van der Waals surface area contributed by atoms with Crippen LogP contribution >= 0.6 is 11.6 Å². The van der Waals surface area contributed by atoms with E-state index in [0.717, 1.165) is 5.56 Å². The summed E-state index contributed by atoms with van der Waals surface area (Å²) in [5, 5.41) is 9.34. The third-order valence-corrected chi connectivity index (χ3v) is 4.34. The number of rotatable bonds is 5. The fourth-order valence-electron chi connectivity index (χ4n) is 2.77. The first-order chi connectivity index (χ1) is 12.4. The minimum Gasteiger partial charge on any atom is -0.481 e. The van der Waals surface area contributed by atoms with E-state index in [0.29, 0.717) is 28.2 Å². The second-order valence-corrected chi connectivity index (χ2v) is 6.25. The van der Waals surface area contributed by atoms with Crippen molar-refractivity contribution in [1.82, 2.24) is 4.98 Å². The second-order valence-electron chi connectivity index (χ2n) is 5.84. The van der Waals surface area contributed by atoms with Crippen molar-refractivity contribution in [2.24, 2.45) is 0 Å². The Kier molecular flexibility index (Phi) is 4.95. The van der Waals surface area contributed by atoms with E-state index < -0.39 is 12.6 Å². The molecule has 0 aliphatic heterocycles.